The number of aromatic nitrogens is 2. The molecule has 2 saturated carbocycles. The lowest BCUT2D eigenvalue weighted by atomic mass is 9.77. The summed E-state index contributed by atoms with van der Waals surface area (Å²) in [5.74, 6) is 0.244. The van der Waals surface area contributed by atoms with E-state index in [1.807, 2.05) is 10.7 Å². The number of aromatic carboxylic acids is 1. The molecule has 182 valence electrons. The van der Waals surface area contributed by atoms with Crippen LogP contribution in [0.4, 0.5) is 0 Å². The van der Waals surface area contributed by atoms with Crippen molar-refractivity contribution >= 4 is 11.9 Å². The fourth-order valence-electron chi connectivity index (χ4n) is 6.21. The molecule has 0 spiro atoms. The summed E-state index contributed by atoms with van der Waals surface area (Å²) in [6.45, 7) is 3.15. The Labute approximate surface area is 202 Å². The maximum atomic E-state index is 13.5. The van der Waals surface area contributed by atoms with Gasteiger partial charge < -0.3 is 10.0 Å². The average molecular weight is 464 g/mol. The third kappa shape index (κ3) is 4.64. The molecule has 6 heteroatoms. The Morgan fingerprint density at radius 3 is 2.71 bits per heavy atom. The van der Waals surface area contributed by atoms with E-state index in [4.69, 9.17) is 0 Å². The van der Waals surface area contributed by atoms with Gasteiger partial charge in [0.2, 0.25) is 5.91 Å². The molecule has 1 saturated heterocycles. The molecule has 1 N–H and O–H groups in total. The molecule has 1 unspecified atom stereocenters. The molecule has 0 radical (unpaired) electrons. The Morgan fingerprint density at radius 2 is 1.94 bits per heavy atom. The summed E-state index contributed by atoms with van der Waals surface area (Å²) in [7, 11) is 0. The molecule has 3 fully saturated rings. The van der Waals surface area contributed by atoms with E-state index in [0.717, 1.165) is 75.7 Å². The number of hydrogen-bond acceptors (Lipinski definition) is 3. The van der Waals surface area contributed by atoms with Crippen LogP contribution in [0.1, 0.15) is 111 Å². The topological polar surface area (TPSA) is 75.4 Å². The number of rotatable bonds is 8. The molecule has 34 heavy (non-hydrogen) atoms. The van der Waals surface area contributed by atoms with Crippen molar-refractivity contribution in [2.75, 3.05) is 6.54 Å². The highest BCUT2D eigenvalue weighted by Crippen LogP contribution is 2.43. The quantitative estimate of drug-likeness (QED) is 0.529. The molecule has 6 nitrogen and oxygen atoms in total. The molecule has 5 rings (SSSR count). The molecule has 1 amide bonds. The second-order valence-corrected chi connectivity index (χ2v) is 10.6. The van der Waals surface area contributed by atoms with Gasteiger partial charge in [0.15, 0.2) is 0 Å². The number of carbonyl (C=O) groups excluding carboxylic acids is 1. The van der Waals surface area contributed by atoms with E-state index in [2.05, 4.69) is 35.1 Å². The summed E-state index contributed by atoms with van der Waals surface area (Å²) in [4.78, 5) is 27.4. The Morgan fingerprint density at radius 1 is 1.09 bits per heavy atom. The summed E-state index contributed by atoms with van der Waals surface area (Å²) in [6.07, 6.45) is 13.5. The van der Waals surface area contributed by atoms with Gasteiger partial charge in [-0.2, -0.15) is 5.10 Å². The number of unbranched alkanes of at least 4 members (excludes halogenated alkanes) is 1. The number of nitrogens with zero attached hydrogens (tertiary/aromatic N) is 3. The van der Waals surface area contributed by atoms with Gasteiger partial charge in [-0.25, -0.2) is 9.48 Å². The zero-order valence-electron chi connectivity index (χ0n) is 20.3. The zero-order chi connectivity index (χ0) is 23.7. The second kappa shape index (κ2) is 9.93. The molecular formula is C28H37N3O3. The van der Waals surface area contributed by atoms with Crippen LogP contribution in [0, 0.1) is 5.92 Å². The first-order chi connectivity index (χ1) is 16.6. The van der Waals surface area contributed by atoms with Crippen molar-refractivity contribution in [3.63, 3.8) is 0 Å². The van der Waals surface area contributed by atoms with Crippen LogP contribution >= 0.6 is 0 Å². The summed E-state index contributed by atoms with van der Waals surface area (Å²) >= 11 is 0. The lowest BCUT2D eigenvalue weighted by Crippen LogP contribution is -2.41. The third-order valence-electron chi connectivity index (χ3n) is 8.16. The third-order valence-corrected chi connectivity index (χ3v) is 8.16. The van der Waals surface area contributed by atoms with E-state index in [1.54, 1.807) is 0 Å². The van der Waals surface area contributed by atoms with E-state index < -0.39 is 5.97 Å². The lowest BCUT2D eigenvalue weighted by Gasteiger charge is -2.34. The first-order valence-corrected chi connectivity index (χ1v) is 13.3. The van der Waals surface area contributed by atoms with Crippen LogP contribution in [0.5, 0.6) is 0 Å². The van der Waals surface area contributed by atoms with Gasteiger partial charge in [-0.15, -0.1) is 0 Å². The SMILES string of the molecule is CCCCC1CCCN1C(=O)[C@@H]1CCC[C@H](c2cccc(-n3ncc(C(=O)O)c3C3CC3)c2)C1. The van der Waals surface area contributed by atoms with Crippen LogP contribution in [0.3, 0.4) is 0 Å². The summed E-state index contributed by atoms with van der Waals surface area (Å²) < 4.78 is 1.83. The standard InChI is InChI=1S/C28H37N3O3/c1-2-3-10-23-12-6-15-30(23)27(32)22-9-4-7-20(16-22)21-8-5-11-24(17-21)31-26(19-13-14-19)25(18-29-31)28(33)34/h5,8,11,17-20,22-23H,2-4,6-7,9-10,12-16H2,1H3,(H,33,34)/t20-,22+,23?/m0/s1. The maximum absolute atomic E-state index is 13.5. The predicted molar refractivity (Wildman–Crippen MR) is 131 cm³/mol. The van der Waals surface area contributed by atoms with Gasteiger partial charge in [-0.3, -0.25) is 4.79 Å². The van der Waals surface area contributed by atoms with Crippen LogP contribution in [-0.4, -0.2) is 44.3 Å². The largest absolute Gasteiger partial charge is 0.478 e. The highest BCUT2D eigenvalue weighted by atomic mass is 16.4. The molecule has 2 aromatic rings. The summed E-state index contributed by atoms with van der Waals surface area (Å²) in [6, 6.07) is 8.85. The van der Waals surface area contributed by atoms with Gasteiger partial charge in [0, 0.05) is 24.4 Å². The van der Waals surface area contributed by atoms with Gasteiger partial charge in [0.05, 0.1) is 17.6 Å². The first-order valence-electron chi connectivity index (χ1n) is 13.3. The number of carbonyl (C=O) groups is 2. The van der Waals surface area contributed by atoms with Crippen molar-refractivity contribution in [2.45, 2.75) is 95.4 Å². The molecule has 1 aromatic carbocycles. The Bertz CT molecular complexity index is 1040. The number of carboxylic acids is 1. The highest BCUT2D eigenvalue weighted by molar-refractivity contribution is 5.89. The monoisotopic (exact) mass is 463 g/mol. The normalized spacial score (nSPS) is 25.0. The van der Waals surface area contributed by atoms with Gasteiger partial charge in [0.1, 0.15) is 5.56 Å². The predicted octanol–water partition coefficient (Wildman–Crippen LogP) is 5.90. The van der Waals surface area contributed by atoms with E-state index in [-0.39, 0.29) is 11.8 Å². The Balaban J connectivity index is 1.33. The minimum absolute atomic E-state index is 0.120. The molecule has 3 aliphatic rings. The zero-order valence-corrected chi connectivity index (χ0v) is 20.3. The van der Waals surface area contributed by atoms with E-state index in [1.165, 1.54) is 24.6 Å². The van der Waals surface area contributed by atoms with Crippen molar-refractivity contribution in [2.24, 2.45) is 5.92 Å². The first kappa shape index (κ1) is 23.1. The molecular weight excluding hydrogens is 426 g/mol. The highest BCUT2D eigenvalue weighted by Gasteiger charge is 2.36. The fraction of sp³-hybridized carbons (Fsp3) is 0.607. The number of carboxylic acid groups (broad SMARTS) is 1. The van der Waals surface area contributed by atoms with Crippen LogP contribution in [-0.2, 0) is 4.79 Å². The van der Waals surface area contributed by atoms with Crippen LogP contribution in [0.2, 0.25) is 0 Å². The lowest BCUT2D eigenvalue weighted by molar-refractivity contribution is -0.137. The second-order valence-electron chi connectivity index (χ2n) is 10.6. The van der Waals surface area contributed by atoms with E-state index >= 15 is 0 Å². The molecule has 2 heterocycles. The van der Waals surface area contributed by atoms with Gasteiger partial charge in [-0.05, 0) is 75.0 Å². The van der Waals surface area contributed by atoms with Crippen molar-refractivity contribution in [3.05, 3.63) is 47.3 Å². The molecule has 0 bridgehead atoms. The van der Waals surface area contributed by atoms with E-state index in [9.17, 15) is 14.7 Å². The number of amides is 1. The molecule has 3 atom stereocenters. The summed E-state index contributed by atoms with van der Waals surface area (Å²) in [5.41, 5.74) is 3.32. The van der Waals surface area contributed by atoms with Gasteiger partial charge in [-0.1, -0.05) is 38.3 Å². The Hall–Kier alpha value is -2.63. The van der Waals surface area contributed by atoms with Crippen molar-refractivity contribution < 1.29 is 14.7 Å². The molecule has 2 aliphatic carbocycles. The number of benzene rings is 1. The van der Waals surface area contributed by atoms with Crippen molar-refractivity contribution in [1.29, 1.82) is 0 Å². The van der Waals surface area contributed by atoms with E-state index in [0.29, 0.717) is 23.4 Å². The molecule has 1 aliphatic heterocycles. The van der Waals surface area contributed by atoms with Crippen LogP contribution < -0.4 is 0 Å². The maximum Gasteiger partial charge on any atom is 0.339 e. The van der Waals surface area contributed by atoms with Gasteiger partial charge >= 0.3 is 5.97 Å². The van der Waals surface area contributed by atoms with Crippen LogP contribution in [0.15, 0.2) is 30.5 Å². The van der Waals surface area contributed by atoms with Crippen molar-refractivity contribution in [3.8, 4) is 5.69 Å². The molecule has 1 aromatic heterocycles. The Kier molecular flexibility index (Phi) is 6.75. The fourth-order valence-corrected chi connectivity index (χ4v) is 6.21. The van der Waals surface area contributed by atoms with Crippen molar-refractivity contribution in [1.82, 2.24) is 14.7 Å². The number of likely N-dealkylation sites (tertiary alicyclic amines) is 1. The summed E-state index contributed by atoms with van der Waals surface area (Å²) in [5, 5.41) is 14.1. The average Bonchev–Trinajstić information content (AvgIpc) is 3.42. The smallest absolute Gasteiger partial charge is 0.339 e. The minimum atomic E-state index is -0.905. The van der Waals surface area contributed by atoms with Crippen LogP contribution in [0.25, 0.3) is 5.69 Å². The van der Waals surface area contributed by atoms with Gasteiger partial charge in [0.25, 0.3) is 0 Å². The minimum Gasteiger partial charge on any atom is -0.478 e. The number of hydrogen-bond donors (Lipinski definition) is 1.